The molecule has 3 fully saturated rings. The molecule has 2 atom stereocenters. The second-order valence-electron chi connectivity index (χ2n) is 6.78. The van der Waals surface area contributed by atoms with E-state index in [1.807, 2.05) is 0 Å². The normalized spacial score (nSPS) is 33.7. The summed E-state index contributed by atoms with van der Waals surface area (Å²) in [6.07, 6.45) is -0.707. The monoisotopic (exact) mass is 325 g/mol. The number of alkyl halides is 3. The highest BCUT2D eigenvalue weighted by atomic mass is 19.4. The quantitative estimate of drug-likeness (QED) is 0.863. The Morgan fingerprint density at radius 2 is 1.91 bits per heavy atom. The van der Waals surface area contributed by atoms with Crippen LogP contribution in [0.3, 0.4) is 0 Å². The average molecular weight is 325 g/mol. The Kier molecular flexibility index (Phi) is 3.20. The summed E-state index contributed by atoms with van der Waals surface area (Å²) >= 11 is 0. The summed E-state index contributed by atoms with van der Waals surface area (Å²) in [7, 11) is 0. The summed E-state index contributed by atoms with van der Waals surface area (Å²) in [5.74, 6) is 1.07. The van der Waals surface area contributed by atoms with E-state index >= 15 is 0 Å². The highest BCUT2D eigenvalue weighted by Crippen LogP contribution is 2.55. The zero-order valence-electron chi connectivity index (χ0n) is 12.6. The minimum absolute atomic E-state index is 0.0544. The van der Waals surface area contributed by atoms with Crippen LogP contribution in [-0.4, -0.2) is 30.5 Å². The van der Waals surface area contributed by atoms with Gasteiger partial charge in [-0.3, -0.25) is 9.69 Å². The molecular formula is C16H18F3N3O. The molecular weight excluding hydrogens is 307 g/mol. The summed E-state index contributed by atoms with van der Waals surface area (Å²) in [5, 5.41) is 3.39. The molecule has 1 saturated carbocycles. The van der Waals surface area contributed by atoms with Crippen LogP contribution >= 0.6 is 0 Å². The van der Waals surface area contributed by atoms with Gasteiger partial charge in [-0.05, 0) is 56.3 Å². The number of halogens is 3. The van der Waals surface area contributed by atoms with Gasteiger partial charge in [-0.1, -0.05) is 0 Å². The van der Waals surface area contributed by atoms with Crippen molar-refractivity contribution in [3.63, 3.8) is 0 Å². The van der Waals surface area contributed by atoms with Crippen LogP contribution in [0.1, 0.15) is 24.8 Å². The van der Waals surface area contributed by atoms with Crippen LogP contribution in [0.5, 0.6) is 0 Å². The van der Waals surface area contributed by atoms with E-state index in [2.05, 4.69) is 10.3 Å². The Hall–Kier alpha value is -1.63. The number of nitrogens with zero attached hydrogens (tertiary/aromatic N) is 2. The van der Waals surface area contributed by atoms with E-state index in [1.54, 1.807) is 4.90 Å². The van der Waals surface area contributed by atoms with Gasteiger partial charge in [-0.25, -0.2) is 4.98 Å². The lowest BCUT2D eigenvalue weighted by Gasteiger charge is -2.39. The Morgan fingerprint density at radius 3 is 2.48 bits per heavy atom. The van der Waals surface area contributed by atoms with Crippen molar-refractivity contribution in [2.75, 3.05) is 24.5 Å². The zero-order chi connectivity index (χ0) is 16.2. The number of nitrogens with one attached hydrogen (secondary N) is 1. The van der Waals surface area contributed by atoms with E-state index in [0.717, 1.165) is 44.6 Å². The van der Waals surface area contributed by atoms with Gasteiger partial charge < -0.3 is 5.32 Å². The van der Waals surface area contributed by atoms with Crippen LogP contribution in [0.4, 0.5) is 19.0 Å². The second kappa shape index (κ2) is 4.93. The number of amides is 1. The van der Waals surface area contributed by atoms with Crippen molar-refractivity contribution in [2.45, 2.75) is 25.4 Å². The van der Waals surface area contributed by atoms with E-state index in [4.69, 9.17) is 0 Å². The summed E-state index contributed by atoms with van der Waals surface area (Å²) in [5.41, 5.74) is -1.11. The van der Waals surface area contributed by atoms with Crippen LogP contribution in [0.25, 0.3) is 0 Å². The van der Waals surface area contributed by atoms with Gasteiger partial charge in [0.2, 0.25) is 5.91 Å². The van der Waals surface area contributed by atoms with Crippen LogP contribution in [0, 0.1) is 17.3 Å². The molecule has 0 radical (unpaired) electrons. The number of pyridine rings is 1. The fourth-order valence-corrected chi connectivity index (χ4v) is 4.70. The molecule has 0 aromatic carbocycles. The van der Waals surface area contributed by atoms with Crippen molar-refractivity contribution >= 4 is 11.7 Å². The molecule has 1 amide bonds. The van der Waals surface area contributed by atoms with Gasteiger partial charge in [-0.2, -0.15) is 13.2 Å². The Bertz CT molecular complexity index is 612. The zero-order valence-corrected chi connectivity index (χ0v) is 12.6. The third-order valence-corrected chi connectivity index (χ3v) is 5.85. The first-order chi connectivity index (χ1) is 10.9. The molecule has 1 N–H and O–H groups in total. The molecule has 3 heterocycles. The first kappa shape index (κ1) is 14.9. The number of carbonyl (C=O) groups excluding carboxylic acids is 1. The highest BCUT2D eigenvalue weighted by Gasteiger charge is 2.61. The SMILES string of the molecule is O=C1N(c2ccc(C(F)(F)F)cn2)CCC12C1CCC2CNC1. The van der Waals surface area contributed by atoms with Crippen molar-refractivity contribution in [1.82, 2.24) is 10.3 Å². The van der Waals surface area contributed by atoms with E-state index in [-0.39, 0.29) is 11.3 Å². The molecule has 1 spiro atoms. The molecule has 124 valence electrons. The third kappa shape index (κ3) is 2.09. The van der Waals surface area contributed by atoms with Gasteiger partial charge in [0.25, 0.3) is 0 Å². The summed E-state index contributed by atoms with van der Waals surface area (Å²) in [6, 6.07) is 2.31. The predicted molar refractivity (Wildman–Crippen MR) is 77.7 cm³/mol. The van der Waals surface area contributed by atoms with Gasteiger partial charge >= 0.3 is 6.18 Å². The molecule has 1 aliphatic carbocycles. The number of aromatic nitrogens is 1. The molecule has 7 heteroatoms. The Balaban J connectivity index is 1.61. The van der Waals surface area contributed by atoms with Gasteiger partial charge in [0.15, 0.2) is 0 Å². The molecule has 2 saturated heterocycles. The molecule has 2 unspecified atom stereocenters. The molecule has 2 bridgehead atoms. The number of hydrogen-bond donors (Lipinski definition) is 1. The topological polar surface area (TPSA) is 45.2 Å². The summed E-state index contributed by atoms with van der Waals surface area (Å²) in [6.45, 7) is 2.26. The fraction of sp³-hybridized carbons (Fsp3) is 0.625. The van der Waals surface area contributed by atoms with Crippen LogP contribution in [-0.2, 0) is 11.0 Å². The van der Waals surface area contributed by atoms with Crippen LogP contribution < -0.4 is 10.2 Å². The smallest absolute Gasteiger partial charge is 0.316 e. The van der Waals surface area contributed by atoms with Gasteiger partial charge in [-0.15, -0.1) is 0 Å². The fourth-order valence-electron chi connectivity index (χ4n) is 4.70. The highest BCUT2D eigenvalue weighted by molar-refractivity contribution is 6.00. The number of carbonyl (C=O) groups is 1. The average Bonchev–Trinajstić information content (AvgIpc) is 2.91. The Morgan fingerprint density at radius 1 is 1.22 bits per heavy atom. The lowest BCUT2D eigenvalue weighted by molar-refractivity contribution is -0.137. The molecule has 1 aromatic rings. The number of hydrogen-bond acceptors (Lipinski definition) is 3. The molecule has 4 nitrogen and oxygen atoms in total. The Labute approximate surface area is 132 Å². The second-order valence-corrected chi connectivity index (χ2v) is 6.78. The van der Waals surface area contributed by atoms with Crippen LogP contribution in [0.15, 0.2) is 18.3 Å². The van der Waals surface area contributed by atoms with Crippen molar-refractivity contribution in [3.8, 4) is 0 Å². The van der Waals surface area contributed by atoms with Crippen molar-refractivity contribution < 1.29 is 18.0 Å². The van der Waals surface area contributed by atoms with Crippen molar-refractivity contribution in [2.24, 2.45) is 17.3 Å². The molecule has 23 heavy (non-hydrogen) atoms. The third-order valence-electron chi connectivity index (χ3n) is 5.85. The van der Waals surface area contributed by atoms with E-state index < -0.39 is 11.7 Å². The maximum absolute atomic E-state index is 13.1. The number of anilines is 1. The van der Waals surface area contributed by atoms with Crippen molar-refractivity contribution in [1.29, 1.82) is 0 Å². The van der Waals surface area contributed by atoms with Gasteiger partial charge in [0.1, 0.15) is 5.82 Å². The maximum atomic E-state index is 13.1. The first-order valence-corrected chi connectivity index (χ1v) is 7.99. The van der Waals surface area contributed by atoms with E-state index in [1.165, 1.54) is 6.07 Å². The predicted octanol–water partition coefficient (Wildman–Crippen LogP) is 2.45. The van der Waals surface area contributed by atoms with E-state index in [9.17, 15) is 18.0 Å². The van der Waals surface area contributed by atoms with Gasteiger partial charge in [0, 0.05) is 12.7 Å². The summed E-state index contributed by atoms with van der Waals surface area (Å²) < 4.78 is 37.9. The molecule has 1 aromatic heterocycles. The molecule has 3 aliphatic rings. The van der Waals surface area contributed by atoms with Crippen LogP contribution in [0.2, 0.25) is 0 Å². The maximum Gasteiger partial charge on any atom is 0.417 e. The first-order valence-electron chi connectivity index (χ1n) is 7.99. The summed E-state index contributed by atoms with van der Waals surface area (Å²) in [4.78, 5) is 18.5. The minimum Gasteiger partial charge on any atom is -0.316 e. The van der Waals surface area contributed by atoms with Gasteiger partial charge in [0.05, 0.1) is 11.0 Å². The number of piperidine rings is 1. The number of rotatable bonds is 1. The lowest BCUT2D eigenvalue weighted by atomic mass is 9.68. The standard InChI is InChI=1S/C16H18F3N3O/c17-16(18,19)12-3-4-13(21-9-12)22-6-5-15(14(22)23)10-1-2-11(15)8-20-7-10/h3-4,9-11,20H,1-2,5-8H2. The minimum atomic E-state index is -4.41. The largest absolute Gasteiger partial charge is 0.417 e. The lowest BCUT2D eigenvalue weighted by Crippen LogP contribution is -2.51. The van der Waals surface area contributed by atoms with Crippen molar-refractivity contribution in [3.05, 3.63) is 23.9 Å². The molecule has 4 rings (SSSR count). The van der Waals surface area contributed by atoms with E-state index in [0.29, 0.717) is 24.2 Å². The molecule has 2 aliphatic heterocycles.